The molecule has 0 saturated heterocycles. The van der Waals surface area contributed by atoms with E-state index in [1.54, 1.807) is 6.07 Å². The third-order valence-electron chi connectivity index (χ3n) is 3.97. The van der Waals surface area contributed by atoms with Crippen molar-refractivity contribution in [3.05, 3.63) is 96.1 Å². The lowest BCUT2D eigenvalue weighted by molar-refractivity contribution is -0.139. The molecule has 0 aliphatic heterocycles. The van der Waals surface area contributed by atoms with E-state index in [2.05, 4.69) is 15.8 Å². The summed E-state index contributed by atoms with van der Waals surface area (Å²) in [6.45, 7) is 0.374. The van der Waals surface area contributed by atoms with Crippen LogP contribution < -0.4 is 15.5 Å². The third kappa shape index (κ3) is 6.62. The molecule has 3 aromatic rings. The number of rotatable bonds is 7. The number of hydrogen-bond acceptors (Lipinski definition) is 4. The molecule has 0 aliphatic carbocycles. The molecule has 2 amide bonds. The number of hydrazone groups is 1. The lowest BCUT2D eigenvalue weighted by Gasteiger charge is -2.06. The van der Waals surface area contributed by atoms with Crippen LogP contribution in [0.3, 0.4) is 0 Å². The van der Waals surface area contributed by atoms with E-state index >= 15 is 0 Å². The highest BCUT2D eigenvalue weighted by Crippen LogP contribution is 2.21. The number of carbonyl (C=O) groups excluding carboxylic acids is 2. The molecule has 6 heteroatoms. The Morgan fingerprint density at radius 2 is 1.52 bits per heavy atom. The second-order valence-corrected chi connectivity index (χ2v) is 6.18. The summed E-state index contributed by atoms with van der Waals surface area (Å²) < 4.78 is 5.75. The zero-order valence-electron chi connectivity index (χ0n) is 15.7. The Balaban J connectivity index is 1.45. The van der Waals surface area contributed by atoms with Crippen LogP contribution in [0.1, 0.15) is 11.1 Å². The number of ether oxygens (including phenoxy) is 1. The maximum Gasteiger partial charge on any atom is 0.329 e. The quantitative estimate of drug-likeness (QED) is 0.371. The summed E-state index contributed by atoms with van der Waals surface area (Å²) in [5, 5.41) is 6.41. The molecule has 0 aromatic heterocycles. The Bertz CT molecular complexity index is 973. The molecule has 0 saturated carbocycles. The van der Waals surface area contributed by atoms with E-state index in [1.807, 2.05) is 78.9 Å². The standard InChI is InChI=1S/C23H21N3O3/c27-22(24-15-14-18-8-3-1-4-9-18)23(28)26-25-17-19-10-7-13-21(16-19)29-20-11-5-2-6-12-20/h1-13,16-17H,14-15H2,(H,24,27)(H,26,28)/b25-17+. The van der Waals surface area contributed by atoms with Gasteiger partial charge in [0.05, 0.1) is 6.21 Å². The zero-order chi connectivity index (χ0) is 20.3. The van der Waals surface area contributed by atoms with E-state index in [9.17, 15) is 9.59 Å². The number of nitrogens with one attached hydrogen (secondary N) is 2. The monoisotopic (exact) mass is 387 g/mol. The topological polar surface area (TPSA) is 79.8 Å². The van der Waals surface area contributed by atoms with Gasteiger partial charge in [-0.2, -0.15) is 5.10 Å². The molecular formula is C23H21N3O3. The van der Waals surface area contributed by atoms with Crippen molar-refractivity contribution in [2.24, 2.45) is 5.10 Å². The third-order valence-corrected chi connectivity index (χ3v) is 3.97. The summed E-state index contributed by atoms with van der Waals surface area (Å²) in [6, 6.07) is 26.4. The fraction of sp³-hybridized carbons (Fsp3) is 0.0870. The van der Waals surface area contributed by atoms with Crippen LogP contribution in [-0.4, -0.2) is 24.6 Å². The fourth-order valence-corrected chi connectivity index (χ4v) is 2.54. The summed E-state index contributed by atoms with van der Waals surface area (Å²) in [7, 11) is 0. The van der Waals surface area contributed by atoms with Gasteiger partial charge in [-0.3, -0.25) is 9.59 Å². The van der Waals surface area contributed by atoms with Crippen LogP contribution in [0.4, 0.5) is 0 Å². The van der Waals surface area contributed by atoms with Gasteiger partial charge in [-0.1, -0.05) is 60.7 Å². The van der Waals surface area contributed by atoms with Gasteiger partial charge in [-0.25, -0.2) is 5.43 Å². The predicted molar refractivity (Wildman–Crippen MR) is 112 cm³/mol. The van der Waals surface area contributed by atoms with Crippen molar-refractivity contribution >= 4 is 18.0 Å². The number of carbonyl (C=O) groups is 2. The van der Waals surface area contributed by atoms with Crippen LogP contribution in [0, 0.1) is 0 Å². The fourth-order valence-electron chi connectivity index (χ4n) is 2.54. The van der Waals surface area contributed by atoms with Gasteiger partial charge in [0.25, 0.3) is 0 Å². The molecule has 29 heavy (non-hydrogen) atoms. The van der Waals surface area contributed by atoms with Gasteiger partial charge in [0, 0.05) is 6.54 Å². The highest BCUT2D eigenvalue weighted by molar-refractivity contribution is 6.35. The number of para-hydroxylation sites is 1. The molecule has 0 radical (unpaired) electrons. The molecule has 3 rings (SSSR count). The Labute approximate surface area is 169 Å². The van der Waals surface area contributed by atoms with Crippen molar-refractivity contribution in [2.75, 3.05) is 6.54 Å². The van der Waals surface area contributed by atoms with Crippen LogP contribution in [-0.2, 0) is 16.0 Å². The molecule has 0 fully saturated rings. The van der Waals surface area contributed by atoms with E-state index in [-0.39, 0.29) is 0 Å². The van der Waals surface area contributed by atoms with Crippen LogP contribution in [0.15, 0.2) is 90.0 Å². The summed E-state index contributed by atoms with van der Waals surface area (Å²) in [4.78, 5) is 23.6. The smallest absolute Gasteiger partial charge is 0.329 e. The van der Waals surface area contributed by atoms with Crippen molar-refractivity contribution in [2.45, 2.75) is 6.42 Å². The maximum atomic E-state index is 11.8. The average molecular weight is 387 g/mol. The minimum Gasteiger partial charge on any atom is -0.457 e. The summed E-state index contributed by atoms with van der Waals surface area (Å²) in [5.74, 6) is -0.169. The first-order valence-corrected chi connectivity index (χ1v) is 9.19. The molecule has 146 valence electrons. The molecule has 0 aliphatic rings. The van der Waals surface area contributed by atoms with Crippen molar-refractivity contribution in [3.8, 4) is 11.5 Å². The van der Waals surface area contributed by atoms with Crippen LogP contribution in [0.5, 0.6) is 11.5 Å². The van der Waals surface area contributed by atoms with E-state index < -0.39 is 11.8 Å². The first kappa shape index (κ1) is 19.8. The molecule has 0 heterocycles. The van der Waals surface area contributed by atoms with Crippen LogP contribution >= 0.6 is 0 Å². The molecule has 6 nitrogen and oxygen atoms in total. The molecular weight excluding hydrogens is 366 g/mol. The van der Waals surface area contributed by atoms with Gasteiger partial charge in [-0.05, 0) is 41.8 Å². The summed E-state index contributed by atoms with van der Waals surface area (Å²) in [6.07, 6.45) is 2.10. The Hall–Kier alpha value is -3.93. The van der Waals surface area contributed by atoms with Crippen LogP contribution in [0.25, 0.3) is 0 Å². The lowest BCUT2D eigenvalue weighted by atomic mass is 10.1. The van der Waals surface area contributed by atoms with Crippen molar-refractivity contribution in [1.29, 1.82) is 0 Å². The molecule has 0 unspecified atom stereocenters. The number of nitrogens with zero attached hydrogens (tertiary/aromatic N) is 1. The molecule has 3 aromatic carbocycles. The maximum absolute atomic E-state index is 11.8. The van der Waals surface area contributed by atoms with Gasteiger partial charge in [0.15, 0.2) is 0 Å². The van der Waals surface area contributed by atoms with Crippen molar-refractivity contribution in [3.63, 3.8) is 0 Å². The lowest BCUT2D eigenvalue weighted by Crippen LogP contribution is -2.38. The van der Waals surface area contributed by atoms with E-state index in [0.29, 0.717) is 18.7 Å². The Morgan fingerprint density at radius 1 is 0.828 bits per heavy atom. The van der Waals surface area contributed by atoms with E-state index in [4.69, 9.17) is 4.74 Å². The number of benzene rings is 3. The minimum atomic E-state index is -0.814. The average Bonchev–Trinajstić information content (AvgIpc) is 2.75. The van der Waals surface area contributed by atoms with Crippen molar-refractivity contribution in [1.82, 2.24) is 10.7 Å². The van der Waals surface area contributed by atoms with Gasteiger partial charge >= 0.3 is 11.8 Å². The van der Waals surface area contributed by atoms with Gasteiger partial charge in [0.1, 0.15) is 11.5 Å². The van der Waals surface area contributed by atoms with Crippen molar-refractivity contribution < 1.29 is 14.3 Å². The Morgan fingerprint density at radius 3 is 2.28 bits per heavy atom. The largest absolute Gasteiger partial charge is 0.457 e. The Kier molecular flexibility index (Phi) is 7.12. The first-order valence-electron chi connectivity index (χ1n) is 9.19. The normalized spacial score (nSPS) is 10.5. The predicted octanol–water partition coefficient (Wildman–Crippen LogP) is 3.29. The molecule has 2 N–H and O–H groups in total. The first-order chi connectivity index (χ1) is 14.2. The molecule has 0 bridgehead atoms. The highest BCUT2D eigenvalue weighted by atomic mass is 16.5. The van der Waals surface area contributed by atoms with E-state index in [0.717, 1.165) is 16.9 Å². The molecule has 0 spiro atoms. The van der Waals surface area contributed by atoms with Gasteiger partial charge in [-0.15, -0.1) is 0 Å². The summed E-state index contributed by atoms with van der Waals surface area (Å²) in [5.41, 5.74) is 4.04. The minimum absolute atomic E-state index is 0.374. The van der Waals surface area contributed by atoms with Crippen LogP contribution in [0.2, 0.25) is 0 Å². The highest BCUT2D eigenvalue weighted by Gasteiger charge is 2.11. The van der Waals surface area contributed by atoms with E-state index in [1.165, 1.54) is 6.21 Å². The molecule has 0 atom stereocenters. The zero-order valence-corrected chi connectivity index (χ0v) is 15.7. The van der Waals surface area contributed by atoms with Gasteiger partial charge < -0.3 is 10.1 Å². The number of amides is 2. The second-order valence-electron chi connectivity index (χ2n) is 6.18. The number of hydrogen-bond donors (Lipinski definition) is 2. The SMILES string of the molecule is O=C(NCCc1ccccc1)C(=O)N/N=C/c1cccc(Oc2ccccc2)c1. The summed E-state index contributed by atoms with van der Waals surface area (Å²) >= 11 is 0. The van der Waals surface area contributed by atoms with Gasteiger partial charge in [0.2, 0.25) is 0 Å². The second kappa shape index (κ2) is 10.4.